The number of carbonyl (C=O) groups excluding carboxylic acids is 1. The Hall–Kier alpha value is -1.06. The SMILES string of the molecule is CC(C(=O)N(C)CC(C)(C)CN)c1ccccc1.Cl. The number of hydrogen-bond acceptors (Lipinski definition) is 2. The number of nitrogens with two attached hydrogens (primary N) is 1. The predicted octanol–water partition coefficient (Wildman–Crippen LogP) is 2.66. The highest BCUT2D eigenvalue weighted by atomic mass is 35.5. The Bertz CT molecular complexity index is 392. The number of likely N-dealkylation sites (N-methyl/N-ethyl adjacent to an activating group) is 1. The van der Waals surface area contributed by atoms with Crippen LogP contribution in [0.15, 0.2) is 30.3 Å². The van der Waals surface area contributed by atoms with Crippen molar-refractivity contribution in [3.05, 3.63) is 35.9 Å². The quantitative estimate of drug-likeness (QED) is 0.903. The Morgan fingerprint density at radius 1 is 1.32 bits per heavy atom. The first-order valence-electron chi connectivity index (χ1n) is 6.37. The maximum atomic E-state index is 12.3. The summed E-state index contributed by atoms with van der Waals surface area (Å²) in [4.78, 5) is 14.1. The van der Waals surface area contributed by atoms with Gasteiger partial charge in [-0.1, -0.05) is 44.2 Å². The number of halogens is 1. The third-order valence-electron chi connectivity index (χ3n) is 3.26. The van der Waals surface area contributed by atoms with Crippen LogP contribution >= 0.6 is 12.4 Å². The molecule has 4 heteroatoms. The lowest BCUT2D eigenvalue weighted by atomic mass is 9.92. The molecule has 19 heavy (non-hydrogen) atoms. The maximum absolute atomic E-state index is 12.3. The molecule has 0 radical (unpaired) electrons. The average molecular weight is 285 g/mol. The van der Waals surface area contributed by atoms with Gasteiger partial charge in [0.1, 0.15) is 0 Å². The molecular formula is C15H25ClN2O. The average Bonchev–Trinajstić information content (AvgIpc) is 2.37. The van der Waals surface area contributed by atoms with E-state index < -0.39 is 0 Å². The molecule has 3 nitrogen and oxygen atoms in total. The lowest BCUT2D eigenvalue weighted by Gasteiger charge is -2.30. The molecule has 1 rings (SSSR count). The predicted molar refractivity (Wildman–Crippen MR) is 82.6 cm³/mol. The van der Waals surface area contributed by atoms with Crippen LogP contribution in [0.2, 0.25) is 0 Å². The van der Waals surface area contributed by atoms with Crippen molar-refractivity contribution in [3.8, 4) is 0 Å². The van der Waals surface area contributed by atoms with Crippen molar-refractivity contribution in [3.63, 3.8) is 0 Å². The molecule has 2 N–H and O–H groups in total. The number of nitrogens with zero attached hydrogens (tertiary/aromatic N) is 1. The summed E-state index contributed by atoms with van der Waals surface area (Å²) in [6.45, 7) is 7.35. The first kappa shape index (κ1) is 17.9. The molecule has 108 valence electrons. The van der Waals surface area contributed by atoms with E-state index in [-0.39, 0.29) is 29.6 Å². The van der Waals surface area contributed by atoms with Gasteiger partial charge in [-0.15, -0.1) is 12.4 Å². The number of benzene rings is 1. The van der Waals surface area contributed by atoms with Gasteiger partial charge in [0.2, 0.25) is 5.91 Å². The monoisotopic (exact) mass is 284 g/mol. The summed E-state index contributed by atoms with van der Waals surface area (Å²) in [6, 6.07) is 9.86. The van der Waals surface area contributed by atoms with Gasteiger partial charge < -0.3 is 10.6 Å². The van der Waals surface area contributed by atoms with E-state index in [9.17, 15) is 4.79 Å². The van der Waals surface area contributed by atoms with Crippen LogP contribution in [0.4, 0.5) is 0 Å². The minimum atomic E-state index is -0.107. The molecule has 0 aliphatic rings. The van der Waals surface area contributed by atoms with Crippen molar-refractivity contribution in [2.24, 2.45) is 11.1 Å². The number of amides is 1. The second-order valence-electron chi connectivity index (χ2n) is 5.70. The normalized spacial score (nSPS) is 12.5. The molecule has 0 aromatic heterocycles. The Kier molecular flexibility index (Phi) is 7.09. The molecule has 0 aliphatic carbocycles. The summed E-state index contributed by atoms with van der Waals surface area (Å²) < 4.78 is 0. The third kappa shape index (κ3) is 5.21. The fourth-order valence-electron chi connectivity index (χ4n) is 2.00. The summed E-state index contributed by atoms with van der Waals surface area (Å²) >= 11 is 0. The molecule has 0 fully saturated rings. The third-order valence-corrected chi connectivity index (χ3v) is 3.26. The zero-order valence-corrected chi connectivity index (χ0v) is 13.0. The van der Waals surface area contributed by atoms with Crippen molar-refractivity contribution in [2.75, 3.05) is 20.1 Å². The van der Waals surface area contributed by atoms with Crippen molar-refractivity contribution in [1.29, 1.82) is 0 Å². The van der Waals surface area contributed by atoms with E-state index >= 15 is 0 Å². The van der Waals surface area contributed by atoms with Crippen molar-refractivity contribution in [2.45, 2.75) is 26.7 Å². The van der Waals surface area contributed by atoms with Crippen LogP contribution in [0, 0.1) is 5.41 Å². The summed E-state index contributed by atoms with van der Waals surface area (Å²) in [5.74, 6) is 0.0347. The van der Waals surface area contributed by atoms with Crippen LogP contribution in [-0.2, 0) is 4.79 Å². The standard InChI is InChI=1S/C15H24N2O.ClH/c1-12(13-8-6-5-7-9-13)14(18)17(4)11-15(2,3)10-16;/h5-9,12H,10-11,16H2,1-4H3;1H. The second kappa shape index (κ2) is 7.51. The summed E-state index contributed by atoms with van der Waals surface area (Å²) in [5.41, 5.74) is 6.72. The minimum Gasteiger partial charge on any atom is -0.345 e. The zero-order chi connectivity index (χ0) is 13.8. The smallest absolute Gasteiger partial charge is 0.229 e. The molecule has 1 unspecified atom stereocenters. The first-order valence-corrected chi connectivity index (χ1v) is 6.37. The summed E-state index contributed by atoms with van der Waals surface area (Å²) in [5, 5.41) is 0. The molecule has 1 atom stereocenters. The van der Waals surface area contributed by atoms with E-state index in [0.29, 0.717) is 13.1 Å². The van der Waals surface area contributed by atoms with E-state index in [4.69, 9.17) is 5.73 Å². The number of rotatable bonds is 5. The van der Waals surface area contributed by atoms with Gasteiger partial charge in [-0.2, -0.15) is 0 Å². The molecule has 1 amide bonds. The summed E-state index contributed by atoms with van der Waals surface area (Å²) in [6.07, 6.45) is 0. The van der Waals surface area contributed by atoms with E-state index in [2.05, 4.69) is 13.8 Å². The molecule has 0 bridgehead atoms. The van der Waals surface area contributed by atoms with Gasteiger partial charge in [0.15, 0.2) is 0 Å². The van der Waals surface area contributed by atoms with Crippen LogP contribution < -0.4 is 5.73 Å². The van der Waals surface area contributed by atoms with E-state index in [1.165, 1.54) is 0 Å². The number of carbonyl (C=O) groups is 1. The van der Waals surface area contributed by atoms with Crippen LogP contribution in [0.3, 0.4) is 0 Å². The lowest BCUT2D eigenvalue weighted by molar-refractivity contribution is -0.132. The zero-order valence-electron chi connectivity index (χ0n) is 12.2. The van der Waals surface area contributed by atoms with Crippen LogP contribution in [0.25, 0.3) is 0 Å². The highest BCUT2D eigenvalue weighted by Crippen LogP contribution is 2.20. The first-order chi connectivity index (χ1) is 8.37. The molecular weight excluding hydrogens is 260 g/mol. The van der Waals surface area contributed by atoms with E-state index in [1.807, 2.05) is 44.3 Å². The molecule has 0 heterocycles. The highest BCUT2D eigenvalue weighted by molar-refractivity contribution is 5.85. The molecule has 1 aromatic carbocycles. The van der Waals surface area contributed by atoms with Crippen molar-refractivity contribution in [1.82, 2.24) is 4.90 Å². The molecule has 1 aromatic rings. The molecule has 0 saturated heterocycles. The van der Waals surface area contributed by atoms with Crippen LogP contribution in [0.1, 0.15) is 32.3 Å². The van der Waals surface area contributed by atoms with Gasteiger partial charge in [-0.05, 0) is 24.4 Å². The molecule has 0 aliphatic heterocycles. The second-order valence-corrected chi connectivity index (χ2v) is 5.70. The van der Waals surface area contributed by atoms with Gasteiger partial charge in [-0.3, -0.25) is 4.79 Å². The fourth-order valence-corrected chi connectivity index (χ4v) is 2.00. The van der Waals surface area contributed by atoms with Crippen LogP contribution in [0.5, 0.6) is 0 Å². The van der Waals surface area contributed by atoms with Crippen LogP contribution in [-0.4, -0.2) is 30.9 Å². The Morgan fingerprint density at radius 2 is 1.84 bits per heavy atom. The lowest BCUT2D eigenvalue weighted by Crippen LogP contribution is -2.41. The minimum absolute atomic E-state index is 0. The van der Waals surface area contributed by atoms with Crippen molar-refractivity contribution >= 4 is 18.3 Å². The molecule has 0 saturated carbocycles. The van der Waals surface area contributed by atoms with Gasteiger partial charge >= 0.3 is 0 Å². The number of hydrogen-bond donors (Lipinski definition) is 1. The van der Waals surface area contributed by atoms with Gasteiger partial charge in [0.25, 0.3) is 0 Å². The van der Waals surface area contributed by atoms with Gasteiger partial charge in [0, 0.05) is 13.6 Å². The highest BCUT2D eigenvalue weighted by Gasteiger charge is 2.24. The van der Waals surface area contributed by atoms with Gasteiger partial charge in [0.05, 0.1) is 5.92 Å². The Labute approximate surface area is 122 Å². The molecule has 0 spiro atoms. The maximum Gasteiger partial charge on any atom is 0.229 e. The Balaban J connectivity index is 0.00000324. The van der Waals surface area contributed by atoms with E-state index in [1.54, 1.807) is 4.90 Å². The largest absolute Gasteiger partial charge is 0.345 e. The van der Waals surface area contributed by atoms with Crippen molar-refractivity contribution < 1.29 is 4.79 Å². The van der Waals surface area contributed by atoms with Gasteiger partial charge in [-0.25, -0.2) is 0 Å². The topological polar surface area (TPSA) is 46.3 Å². The summed E-state index contributed by atoms with van der Waals surface area (Å²) in [7, 11) is 1.85. The van der Waals surface area contributed by atoms with E-state index in [0.717, 1.165) is 5.56 Å². The fraction of sp³-hybridized carbons (Fsp3) is 0.533. The Morgan fingerprint density at radius 3 is 2.32 bits per heavy atom.